The Kier molecular flexibility index (Phi) is 4.96. The normalized spacial score (nSPS) is 20.2. The Bertz CT molecular complexity index is 870. The molecular weight excluding hydrogens is 357 g/mol. The van der Waals surface area contributed by atoms with Gasteiger partial charge >= 0.3 is 0 Å². The maximum absolute atomic E-state index is 14.1. The maximum atomic E-state index is 14.1. The van der Waals surface area contributed by atoms with Crippen LogP contribution < -0.4 is 5.32 Å². The Labute approximate surface area is 164 Å². The zero-order valence-corrected chi connectivity index (χ0v) is 16.1. The van der Waals surface area contributed by atoms with E-state index in [2.05, 4.69) is 10.3 Å². The molecule has 5 nitrogen and oxygen atoms in total. The molecule has 2 amide bonds. The number of carbonyl (C=O) groups excluding carboxylic acids is 2. The lowest BCUT2D eigenvalue weighted by Crippen LogP contribution is -2.44. The number of hydrogen-bond donors (Lipinski definition) is 2. The number of benzene rings is 1. The molecule has 148 valence electrons. The summed E-state index contributed by atoms with van der Waals surface area (Å²) in [6, 6.07) is 6.78. The monoisotopic (exact) mass is 383 g/mol. The lowest BCUT2D eigenvalue weighted by Gasteiger charge is -2.40. The molecule has 28 heavy (non-hydrogen) atoms. The van der Waals surface area contributed by atoms with Crippen molar-refractivity contribution in [3.05, 3.63) is 59.2 Å². The summed E-state index contributed by atoms with van der Waals surface area (Å²) in [7, 11) is 0. The van der Waals surface area contributed by atoms with E-state index >= 15 is 0 Å². The highest BCUT2D eigenvalue weighted by atomic mass is 19.1. The third kappa shape index (κ3) is 3.32. The first kappa shape index (κ1) is 18.7. The minimum Gasteiger partial charge on any atom is -0.367 e. The summed E-state index contributed by atoms with van der Waals surface area (Å²) in [5.41, 5.74) is 2.65. The molecule has 2 N–H and O–H groups in total. The molecule has 1 aliphatic heterocycles. The van der Waals surface area contributed by atoms with E-state index < -0.39 is 0 Å². The highest BCUT2D eigenvalue weighted by Crippen LogP contribution is 2.53. The molecule has 2 heterocycles. The van der Waals surface area contributed by atoms with Crippen molar-refractivity contribution >= 4 is 11.8 Å². The number of aromatic nitrogens is 1. The number of rotatable bonds is 4. The summed E-state index contributed by atoms with van der Waals surface area (Å²) < 4.78 is 14.1. The fraction of sp³-hybridized carbons (Fsp3) is 0.455. The molecule has 0 unspecified atom stereocenters. The van der Waals surface area contributed by atoms with Crippen molar-refractivity contribution < 1.29 is 14.0 Å². The van der Waals surface area contributed by atoms with Gasteiger partial charge in [-0.15, -0.1) is 0 Å². The third-order valence-electron chi connectivity index (χ3n) is 6.32. The summed E-state index contributed by atoms with van der Waals surface area (Å²) in [5.74, 6) is -0.0518. The number of H-pyrrole nitrogens is 1. The Morgan fingerprint density at radius 1 is 1.29 bits per heavy atom. The predicted octanol–water partition coefficient (Wildman–Crippen LogP) is 3.34. The minimum atomic E-state index is -0.234. The van der Waals surface area contributed by atoms with Crippen molar-refractivity contribution in [3.8, 4) is 0 Å². The Balaban J connectivity index is 1.54. The quantitative estimate of drug-likeness (QED) is 0.850. The van der Waals surface area contributed by atoms with E-state index in [1.165, 1.54) is 6.07 Å². The summed E-state index contributed by atoms with van der Waals surface area (Å²) in [6.07, 6.45) is 6.34. The standard InChI is InChI=1S/C22H26FN3O2/c1-2-25-20(27)11-16-13-22(19-12-17(23)3-4-18(16)19)6-9-26(10-7-22)21(28)15-5-8-24-14-15/h3-5,8,12,14,16,24H,2,6-7,9-11,13H2,1H3,(H,25,27)/t16-/m1/s1. The average molecular weight is 383 g/mol. The Hall–Kier alpha value is -2.63. The van der Waals surface area contributed by atoms with Gasteiger partial charge in [0.25, 0.3) is 5.91 Å². The lowest BCUT2D eigenvalue weighted by molar-refractivity contribution is -0.121. The summed E-state index contributed by atoms with van der Waals surface area (Å²) in [5, 5.41) is 2.87. The minimum absolute atomic E-state index is 0.0347. The number of halogens is 1. The molecule has 1 spiro atoms. The molecule has 4 rings (SSSR count). The predicted molar refractivity (Wildman–Crippen MR) is 105 cm³/mol. The van der Waals surface area contributed by atoms with Crippen LogP contribution in [0.3, 0.4) is 0 Å². The molecule has 1 aliphatic carbocycles. The van der Waals surface area contributed by atoms with E-state index in [0.717, 1.165) is 30.4 Å². The molecule has 0 bridgehead atoms. The van der Waals surface area contributed by atoms with Crippen LogP contribution in [0.1, 0.15) is 60.0 Å². The number of nitrogens with one attached hydrogen (secondary N) is 2. The Morgan fingerprint density at radius 3 is 2.75 bits per heavy atom. The van der Waals surface area contributed by atoms with E-state index in [1.54, 1.807) is 24.5 Å². The zero-order chi connectivity index (χ0) is 19.7. The van der Waals surface area contributed by atoms with Crippen LogP contribution in [0.15, 0.2) is 36.7 Å². The summed E-state index contributed by atoms with van der Waals surface area (Å²) >= 11 is 0. The van der Waals surface area contributed by atoms with E-state index in [1.807, 2.05) is 17.9 Å². The molecule has 1 saturated heterocycles. The lowest BCUT2D eigenvalue weighted by atomic mass is 9.73. The highest BCUT2D eigenvalue weighted by Gasteiger charge is 2.46. The first-order valence-electron chi connectivity index (χ1n) is 10.0. The molecule has 2 aliphatic rings. The largest absolute Gasteiger partial charge is 0.367 e. The van der Waals surface area contributed by atoms with Gasteiger partial charge in [-0.05, 0) is 66.8 Å². The Morgan fingerprint density at radius 2 is 2.07 bits per heavy atom. The highest BCUT2D eigenvalue weighted by molar-refractivity contribution is 5.94. The van der Waals surface area contributed by atoms with Crippen molar-refractivity contribution in [1.82, 2.24) is 15.2 Å². The van der Waals surface area contributed by atoms with E-state index in [0.29, 0.717) is 31.6 Å². The van der Waals surface area contributed by atoms with Gasteiger partial charge in [0.2, 0.25) is 5.91 Å². The van der Waals surface area contributed by atoms with Gasteiger partial charge in [0.1, 0.15) is 5.82 Å². The number of likely N-dealkylation sites (tertiary alicyclic amines) is 1. The van der Waals surface area contributed by atoms with Crippen LogP contribution in [0, 0.1) is 5.82 Å². The average Bonchev–Trinajstić information content (AvgIpc) is 3.30. The van der Waals surface area contributed by atoms with Gasteiger partial charge in [0.15, 0.2) is 0 Å². The zero-order valence-electron chi connectivity index (χ0n) is 16.1. The molecule has 1 aromatic carbocycles. The van der Waals surface area contributed by atoms with Crippen molar-refractivity contribution in [1.29, 1.82) is 0 Å². The molecule has 1 atom stereocenters. The SMILES string of the molecule is CCNC(=O)C[C@@H]1CC2(CCN(C(=O)c3cc[nH]c3)CC2)c2cc(F)ccc21. The van der Waals surface area contributed by atoms with Gasteiger partial charge in [0.05, 0.1) is 5.56 Å². The van der Waals surface area contributed by atoms with Gasteiger partial charge in [-0.25, -0.2) is 4.39 Å². The first-order valence-corrected chi connectivity index (χ1v) is 10.0. The van der Waals surface area contributed by atoms with Gasteiger partial charge in [-0.1, -0.05) is 6.07 Å². The molecule has 0 radical (unpaired) electrons. The van der Waals surface area contributed by atoms with Crippen molar-refractivity contribution in [3.63, 3.8) is 0 Å². The molecule has 2 aromatic rings. The fourth-order valence-corrected chi connectivity index (χ4v) is 4.96. The van der Waals surface area contributed by atoms with Crippen molar-refractivity contribution in [2.75, 3.05) is 19.6 Å². The molecular formula is C22H26FN3O2. The fourth-order valence-electron chi connectivity index (χ4n) is 4.96. The van der Waals surface area contributed by atoms with E-state index in [-0.39, 0.29) is 29.0 Å². The molecule has 0 saturated carbocycles. The smallest absolute Gasteiger partial charge is 0.255 e. The molecule has 1 aromatic heterocycles. The third-order valence-corrected chi connectivity index (χ3v) is 6.32. The van der Waals surface area contributed by atoms with Crippen LogP contribution in [-0.2, 0) is 10.2 Å². The topological polar surface area (TPSA) is 65.2 Å². The summed E-state index contributed by atoms with van der Waals surface area (Å²) in [6.45, 7) is 3.82. The van der Waals surface area contributed by atoms with Gasteiger partial charge in [-0.2, -0.15) is 0 Å². The second-order valence-corrected chi connectivity index (χ2v) is 7.96. The van der Waals surface area contributed by atoms with Gasteiger partial charge in [-0.3, -0.25) is 9.59 Å². The number of aromatic amines is 1. The van der Waals surface area contributed by atoms with Gasteiger partial charge < -0.3 is 15.2 Å². The van der Waals surface area contributed by atoms with E-state index in [4.69, 9.17) is 0 Å². The molecule has 6 heteroatoms. The molecule has 1 fully saturated rings. The summed E-state index contributed by atoms with van der Waals surface area (Å²) in [4.78, 5) is 29.6. The van der Waals surface area contributed by atoms with Crippen LogP contribution in [0.4, 0.5) is 4.39 Å². The maximum Gasteiger partial charge on any atom is 0.255 e. The van der Waals surface area contributed by atoms with E-state index in [9.17, 15) is 14.0 Å². The van der Waals surface area contributed by atoms with Crippen LogP contribution in [-0.4, -0.2) is 41.3 Å². The van der Waals surface area contributed by atoms with Crippen molar-refractivity contribution in [2.45, 2.75) is 43.9 Å². The number of carbonyl (C=O) groups is 2. The van der Waals surface area contributed by atoms with Crippen molar-refractivity contribution in [2.24, 2.45) is 0 Å². The van der Waals surface area contributed by atoms with Crippen LogP contribution in [0.2, 0.25) is 0 Å². The second-order valence-electron chi connectivity index (χ2n) is 7.96. The number of hydrogen-bond acceptors (Lipinski definition) is 2. The number of fused-ring (bicyclic) bond motifs is 2. The number of piperidine rings is 1. The number of nitrogens with zero attached hydrogens (tertiary/aromatic N) is 1. The number of amides is 2. The van der Waals surface area contributed by atoms with Crippen LogP contribution in [0.5, 0.6) is 0 Å². The van der Waals surface area contributed by atoms with Crippen LogP contribution in [0.25, 0.3) is 0 Å². The second kappa shape index (κ2) is 7.41. The van der Waals surface area contributed by atoms with Gasteiger partial charge in [0, 0.05) is 38.4 Å². The first-order chi connectivity index (χ1) is 13.5. The van der Waals surface area contributed by atoms with Crippen LogP contribution >= 0.6 is 0 Å².